The van der Waals surface area contributed by atoms with Crippen molar-refractivity contribution in [2.45, 2.75) is 57.7 Å². The van der Waals surface area contributed by atoms with Crippen molar-refractivity contribution < 1.29 is 9.84 Å². The summed E-state index contributed by atoms with van der Waals surface area (Å²) in [6.07, 6.45) is 6.91. The lowest BCUT2D eigenvalue weighted by Gasteiger charge is -2.27. The SMILES string of the molecule is CC1CCC(Oc2ccc3c(c2)CC[C@@H]3O)CC1. The number of hydrogen-bond acceptors (Lipinski definition) is 2. The van der Waals surface area contributed by atoms with Crippen LogP contribution in [0.1, 0.15) is 56.3 Å². The molecule has 2 nitrogen and oxygen atoms in total. The lowest BCUT2D eigenvalue weighted by atomic mass is 9.89. The largest absolute Gasteiger partial charge is 0.490 e. The van der Waals surface area contributed by atoms with Gasteiger partial charge in [0.15, 0.2) is 0 Å². The minimum absolute atomic E-state index is 0.260. The molecule has 98 valence electrons. The van der Waals surface area contributed by atoms with Gasteiger partial charge in [0.05, 0.1) is 12.2 Å². The van der Waals surface area contributed by atoms with E-state index in [0.717, 1.165) is 30.1 Å². The Bertz CT molecular complexity index is 419. The second-order valence-corrected chi connectivity index (χ2v) is 5.91. The number of aliphatic hydroxyl groups is 1. The standard InChI is InChI=1S/C16H22O2/c1-11-2-5-13(6-3-11)18-14-7-8-15-12(10-14)4-9-16(15)17/h7-8,10-11,13,16-17H,2-6,9H2,1H3/t11?,13?,16-/m0/s1. The van der Waals surface area contributed by atoms with Gasteiger partial charge in [-0.25, -0.2) is 0 Å². The van der Waals surface area contributed by atoms with Gasteiger partial charge in [-0.15, -0.1) is 0 Å². The van der Waals surface area contributed by atoms with Crippen LogP contribution in [0.2, 0.25) is 0 Å². The van der Waals surface area contributed by atoms with E-state index >= 15 is 0 Å². The molecule has 0 spiro atoms. The summed E-state index contributed by atoms with van der Waals surface area (Å²) in [7, 11) is 0. The van der Waals surface area contributed by atoms with Crippen molar-refractivity contribution in [2.24, 2.45) is 5.92 Å². The van der Waals surface area contributed by atoms with Crippen molar-refractivity contribution in [1.29, 1.82) is 0 Å². The van der Waals surface area contributed by atoms with Crippen LogP contribution in [-0.4, -0.2) is 11.2 Å². The average molecular weight is 246 g/mol. The maximum absolute atomic E-state index is 9.78. The number of fused-ring (bicyclic) bond motifs is 1. The van der Waals surface area contributed by atoms with E-state index in [-0.39, 0.29) is 6.10 Å². The first kappa shape index (κ1) is 12.0. The highest BCUT2D eigenvalue weighted by atomic mass is 16.5. The third-order valence-corrected chi connectivity index (χ3v) is 4.43. The van der Waals surface area contributed by atoms with Crippen LogP contribution in [-0.2, 0) is 6.42 Å². The Morgan fingerprint density at radius 3 is 2.67 bits per heavy atom. The lowest BCUT2D eigenvalue weighted by Crippen LogP contribution is -2.23. The van der Waals surface area contributed by atoms with Gasteiger partial charge in [-0.2, -0.15) is 0 Å². The molecule has 1 aromatic carbocycles. The maximum atomic E-state index is 9.78. The van der Waals surface area contributed by atoms with Crippen molar-refractivity contribution in [3.05, 3.63) is 29.3 Å². The zero-order valence-electron chi connectivity index (χ0n) is 11.1. The third-order valence-electron chi connectivity index (χ3n) is 4.43. The fourth-order valence-corrected chi connectivity index (χ4v) is 3.18. The molecule has 0 unspecified atom stereocenters. The highest BCUT2D eigenvalue weighted by molar-refractivity contribution is 5.39. The molecule has 0 amide bonds. The first-order valence-corrected chi connectivity index (χ1v) is 7.20. The quantitative estimate of drug-likeness (QED) is 0.863. The van der Waals surface area contributed by atoms with Crippen molar-refractivity contribution in [3.8, 4) is 5.75 Å². The van der Waals surface area contributed by atoms with Crippen molar-refractivity contribution in [3.63, 3.8) is 0 Å². The van der Waals surface area contributed by atoms with E-state index in [1.807, 2.05) is 12.1 Å². The van der Waals surface area contributed by atoms with Gasteiger partial charge >= 0.3 is 0 Å². The number of benzene rings is 1. The second-order valence-electron chi connectivity index (χ2n) is 5.91. The molecule has 1 saturated carbocycles. The summed E-state index contributed by atoms with van der Waals surface area (Å²) >= 11 is 0. The van der Waals surface area contributed by atoms with Gasteiger partial charge in [0.2, 0.25) is 0 Å². The second kappa shape index (κ2) is 4.93. The molecular weight excluding hydrogens is 224 g/mol. The van der Waals surface area contributed by atoms with Crippen molar-refractivity contribution in [2.75, 3.05) is 0 Å². The van der Waals surface area contributed by atoms with Crippen LogP contribution in [0.4, 0.5) is 0 Å². The summed E-state index contributed by atoms with van der Waals surface area (Å²) in [6.45, 7) is 2.33. The summed E-state index contributed by atoms with van der Waals surface area (Å²) in [5.41, 5.74) is 2.36. The molecular formula is C16H22O2. The van der Waals surface area contributed by atoms with E-state index in [1.54, 1.807) is 0 Å². The summed E-state index contributed by atoms with van der Waals surface area (Å²) in [5.74, 6) is 1.85. The van der Waals surface area contributed by atoms with Gasteiger partial charge in [-0.3, -0.25) is 0 Å². The first-order valence-electron chi connectivity index (χ1n) is 7.20. The molecule has 0 bridgehead atoms. The molecule has 18 heavy (non-hydrogen) atoms. The van der Waals surface area contributed by atoms with Crippen LogP contribution >= 0.6 is 0 Å². The van der Waals surface area contributed by atoms with Gasteiger partial charge in [0.1, 0.15) is 5.75 Å². The first-order chi connectivity index (χ1) is 8.72. The number of ether oxygens (including phenoxy) is 1. The van der Waals surface area contributed by atoms with Crippen molar-refractivity contribution >= 4 is 0 Å². The van der Waals surface area contributed by atoms with Gasteiger partial charge in [-0.05, 0) is 67.7 Å². The van der Waals surface area contributed by atoms with E-state index in [9.17, 15) is 5.11 Å². The molecule has 1 fully saturated rings. The van der Waals surface area contributed by atoms with Gasteiger partial charge in [0.25, 0.3) is 0 Å². The highest BCUT2D eigenvalue weighted by Gasteiger charge is 2.22. The average Bonchev–Trinajstić information content (AvgIpc) is 2.74. The lowest BCUT2D eigenvalue weighted by molar-refractivity contribution is 0.135. The Hall–Kier alpha value is -1.02. The Balaban J connectivity index is 1.67. The third kappa shape index (κ3) is 2.39. The summed E-state index contributed by atoms with van der Waals surface area (Å²) in [6, 6.07) is 6.18. The minimum atomic E-state index is -0.260. The molecule has 2 aliphatic carbocycles. The van der Waals surface area contributed by atoms with E-state index in [1.165, 1.54) is 31.2 Å². The molecule has 0 heterocycles. The smallest absolute Gasteiger partial charge is 0.120 e. The maximum Gasteiger partial charge on any atom is 0.120 e. The summed E-state index contributed by atoms with van der Waals surface area (Å²) in [5, 5.41) is 9.78. The molecule has 2 heteroatoms. The monoisotopic (exact) mass is 246 g/mol. The molecule has 0 aromatic heterocycles. The Labute approximate surface area is 109 Å². The van der Waals surface area contributed by atoms with E-state index in [0.29, 0.717) is 6.10 Å². The predicted molar refractivity (Wildman–Crippen MR) is 71.8 cm³/mol. The van der Waals surface area contributed by atoms with Crippen LogP contribution in [0, 0.1) is 5.92 Å². The molecule has 0 aliphatic heterocycles. The zero-order valence-corrected chi connectivity index (χ0v) is 11.1. The van der Waals surface area contributed by atoms with Crippen LogP contribution in [0.3, 0.4) is 0 Å². The van der Waals surface area contributed by atoms with E-state index in [2.05, 4.69) is 13.0 Å². The molecule has 2 aliphatic rings. The van der Waals surface area contributed by atoms with Gasteiger partial charge < -0.3 is 9.84 Å². The molecule has 1 N–H and O–H groups in total. The van der Waals surface area contributed by atoms with Crippen LogP contribution in [0.15, 0.2) is 18.2 Å². The summed E-state index contributed by atoms with van der Waals surface area (Å²) in [4.78, 5) is 0. The zero-order chi connectivity index (χ0) is 12.5. The van der Waals surface area contributed by atoms with Crippen LogP contribution < -0.4 is 4.74 Å². The number of aliphatic hydroxyl groups excluding tert-OH is 1. The number of hydrogen-bond donors (Lipinski definition) is 1. The molecule has 0 saturated heterocycles. The molecule has 1 aromatic rings. The number of aryl methyl sites for hydroxylation is 1. The fourth-order valence-electron chi connectivity index (χ4n) is 3.18. The van der Waals surface area contributed by atoms with E-state index in [4.69, 9.17) is 4.74 Å². The Kier molecular flexibility index (Phi) is 3.29. The minimum Gasteiger partial charge on any atom is -0.490 e. The fraction of sp³-hybridized carbons (Fsp3) is 0.625. The molecule has 3 rings (SSSR count). The van der Waals surface area contributed by atoms with Crippen LogP contribution in [0.5, 0.6) is 5.75 Å². The van der Waals surface area contributed by atoms with Gasteiger partial charge in [-0.1, -0.05) is 13.0 Å². The van der Waals surface area contributed by atoms with Crippen molar-refractivity contribution in [1.82, 2.24) is 0 Å². The predicted octanol–water partition coefficient (Wildman–Crippen LogP) is 3.62. The van der Waals surface area contributed by atoms with Gasteiger partial charge in [0, 0.05) is 0 Å². The Morgan fingerprint density at radius 2 is 1.89 bits per heavy atom. The molecule has 1 atom stereocenters. The highest BCUT2D eigenvalue weighted by Crippen LogP contribution is 2.34. The van der Waals surface area contributed by atoms with E-state index < -0.39 is 0 Å². The Morgan fingerprint density at radius 1 is 1.11 bits per heavy atom. The normalized spacial score (nSPS) is 31.1. The number of rotatable bonds is 2. The van der Waals surface area contributed by atoms with Crippen LogP contribution in [0.25, 0.3) is 0 Å². The molecule has 0 radical (unpaired) electrons. The topological polar surface area (TPSA) is 29.5 Å². The summed E-state index contributed by atoms with van der Waals surface area (Å²) < 4.78 is 6.08.